The number of aromatic nitrogens is 2. The molecular weight excluding hydrogens is 322 g/mol. The van der Waals surface area contributed by atoms with E-state index in [1.54, 1.807) is 22.7 Å². The van der Waals surface area contributed by atoms with Gasteiger partial charge in [0.15, 0.2) is 5.82 Å². The van der Waals surface area contributed by atoms with Crippen molar-refractivity contribution in [3.8, 4) is 10.7 Å². The van der Waals surface area contributed by atoms with Crippen LogP contribution in [-0.2, 0) is 0 Å². The lowest BCUT2D eigenvalue weighted by atomic mass is 10.2. The molecule has 0 unspecified atom stereocenters. The Hall–Kier alpha value is -1.69. The molecular formula is C15H10ClN3S2. The third-order valence-corrected chi connectivity index (χ3v) is 5.58. The van der Waals surface area contributed by atoms with Gasteiger partial charge in [-0.15, -0.1) is 22.7 Å². The van der Waals surface area contributed by atoms with Gasteiger partial charge in [0.25, 0.3) is 0 Å². The van der Waals surface area contributed by atoms with E-state index >= 15 is 0 Å². The molecule has 0 amide bonds. The molecule has 1 N–H and O–H groups in total. The zero-order valence-electron chi connectivity index (χ0n) is 11.1. The summed E-state index contributed by atoms with van der Waals surface area (Å²) in [7, 11) is 1.86. The molecule has 0 bridgehead atoms. The number of nitrogens with one attached hydrogen (secondary N) is 1. The molecule has 0 spiro atoms. The van der Waals surface area contributed by atoms with Crippen LogP contribution in [0.5, 0.6) is 0 Å². The molecule has 4 aromatic rings. The Bertz CT molecular complexity index is 930. The summed E-state index contributed by atoms with van der Waals surface area (Å²) < 4.78 is 2.56. The molecule has 0 aliphatic carbocycles. The molecule has 0 saturated heterocycles. The number of rotatable bonds is 2. The van der Waals surface area contributed by atoms with E-state index in [1.165, 1.54) is 9.40 Å². The summed E-state index contributed by atoms with van der Waals surface area (Å²) in [4.78, 5) is 10.4. The van der Waals surface area contributed by atoms with Gasteiger partial charge in [-0.05, 0) is 35.7 Å². The fraction of sp³-hybridized carbons (Fsp3) is 0.0667. The van der Waals surface area contributed by atoms with Crippen LogP contribution < -0.4 is 5.32 Å². The summed E-state index contributed by atoms with van der Waals surface area (Å²) in [6.45, 7) is 0. The number of anilines is 1. The molecule has 0 fully saturated rings. The van der Waals surface area contributed by atoms with Crippen molar-refractivity contribution in [3.05, 3.63) is 40.7 Å². The Morgan fingerprint density at radius 1 is 1.10 bits per heavy atom. The minimum absolute atomic E-state index is 0.687. The monoisotopic (exact) mass is 331 g/mol. The maximum atomic E-state index is 6.06. The zero-order chi connectivity index (χ0) is 14.4. The van der Waals surface area contributed by atoms with Crippen LogP contribution >= 0.6 is 34.3 Å². The lowest BCUT2D eigenvalue weighted by molar-refractivity contribution is 1.22. The van der Waals surface area contributed by atoms with Gasteiger partial charge in [-0.1, -0.05) is 11.6 Å². The molecule has 4 rings (SSSR count). The number of hydrogen-bond acceptors (Lipinski definition) is 5. The van der Waals surface area contributed by atoms with E-state index in [0.717, 1.165) is 27.4 Å². The quantitative estimate of drug-likeness (QED) is 0.544. The van der Waals surface area contributed by atoms with Gasteiger partial charge in [0.05, 0.1) is 10.4 Å². The molecule has 21 heavy (non-hydrogen) atoms. The molecule has 0 saturated carbocycles. The van der Waals surface area contributed by atoms with Gasteiger partial charge in [0, 0.05) is 26.9 Å². The first-order chi connectivity index (χ1) is 10.2. The highest BCUT2D eigenvalue weighted by atomic mass is 35.5. The van der Waals surface area contributed by atoms with Crippen molar-refractivity contribution < 1.29 is 0 Å². The Morgan fingerprint density at radius 2 is 2.00 bits per heavy atom. The van der Waals surface area contributed by atoms with E-state index in [9.17, 15) is 0 Å². The van der Waals surface area contributed by atoms with Crippen molar-refractivity contribution in [3.63, 3.8) is 0 Å². The van der Waals surface area contributed by atoms with Crippen LogP contribution in [-0.4, -0.2) is 17.0 Å². The lowest BCUT2D eigenvalue weighted by Crippen LogP contribution is -1.98. The Kier molecular flexibility index (Phi) is 3.06. The van der Waals surface area contributed by atoms with Crippen molar-refractivity contribution in [2.24, 2.45) is 0 Å². The van der Waals surface area contributed by atoms with Crippen LogP contribution in [0.3, 0.4) is 0 Å². The zero-order valence-corrected chi connectivity index (χ0v) is 13.4. The minimum atomic E-state index is 0.687. The molecule has 6 heteroatoms. The molecule has 0 aliphatic rings. The predicted octanol–water partition coefficient (Wildman–Crippen LogP) is 5.27. The van der Waals surface area contributed by atoms with Crippen molar-refractivity contribution in [2.75, 3.05) is 12.4 Å². The second-order valence-electron chi connectivity index (χ2n) is 4.57. The van der Waals surface area contributed by atoms with E-state index < -0.39 is 0 Å². The van der Waals surface area contributed by atoms with Crippen molar-refractivity contribution in [2.45, 2.75) is 0 Å². The Labute approximate surface area is 134 Å². The van der Waals surface area contributed by atoms with Crippen LogP contribution in [0.2, 0.25) is 5.02 Å². The number of thiophene rings is 2. The Balaban J connectivity index is 1.96. The third kappa shape index (κ3) is 2.18. The van der Waals surface area contributed by atoms with Gasteiger partial charge in [-0.25, -0.2) is 9.97 Å². The van der Waals surface area contributed by atoms with E-state index in [2.05, 4.69) is 32.8 Å². The second-order valence-corrected chi connectivity index (χ2v) is 7.03. The number of nitrogens with zero attached hydrogens (tertiary/aromatic N) is 2. The first kappa shape index (κ1) is 13.0. The van der Waals surface area contributed by atoms with Crippen molar-refractivity contribution >= 4 is 60.4 Å². The largest absolute Gasteiger partial charge is 0.373 e. The van der Waals surface area contributed by atoms with Gasteiger partial charge < -0.3 is 5.32 Å². The van der Waals surface area contributed by atoms with Gasteiger partial charge >= 0.3 is 0 Å². The highest BCUT2D eigenvalue weighted by Crippen LogP contribution is 2.36. The number of halogens is 1. The van der Waals surface area contributed by atoms with Crippen LogP contribution in [0, 0.1) is 0 Å². The molecule has 104 valence electrons. The normalized spacial score (nSPS) is 11.3. The molecule has 0 aliphatic heterocycles. The first-order valence-electron chi connectivity index (χ1n) is 6.37. The van der Waals surface area contributed by atoms with E-state index in [4.69, 9.17) is 11.6 Å². The molecule has 3 heterocycles. The molecule has 0 radical (unpaired) electrons. The predicted molar refractivity (Wildman–Crippen MR) is 92.8 cm³/mol. The van der Waals surface area contributed by atoms with E-state index in [-0.39, 0.29) is 0 Å². The van der Waals surface area contributed by atoms with Gasteiger partial charge in [-0.2, -0.15) is 0 Å². The minimum Gasteiger partial charge on any atom is -0.373 e. The Morgan fingerprint density at radius 3 is 2.81 bits per heavy atom. The summed E-state index contributed by atoms with van der Waals surface area (Å²) >= 11 is 9.52. The highest BCUT2D eigenvalue weighted by molar-refractivity contribution is 7.28. The van der Waals surface area contributed by atoms with E-state index in [1.807, 2.05) is 25.2 Å². The van der Waals surface area contributed by atoms with Crippen LogP contribution in [0.4, 0.5) is 5.82 Å². The van der Waals surface area contributed by atoms with Gasteiger partial charge in [0.1, 0.15) is 5.82 Å². The highest BCUT2D eigenvalue weighted by Gasteiger charge is 2.12. The van der Waals surface area contributed by atoms with E-state index in [0.29, 0.717) is 5.02 Å². The molecule has 0 atom stereocenters. The smallest absolute Gasteiger partial charge is 0.172 e. The van der Waals surface area contributed by atoms with Crippen LogP contribution in [0.1, 0.15) is 0 Å². The average Bonchev–Trinajstić information content (AvgIpc) is 3.07. The summed E-state index contributed by atoms with van der Waals surface area (Å²) in [6.07, 6.45) is 0. The van der Waals surface area contributed by atoms with Crippen molar-refractivity contribution in [1.82, 2.24) is 9.97 Å². The molecule has 1 aromatic carbocycles. The standard InChI is InChI=1S/C15H10ClN3S2/c1-17-14-9-6-8(16)2-3-10(9)18-15(19-14)13-7-12-11(21-13)4-5-20-12/h2-7H,1H3,(H,17,18,19). The molecule has 3 nitrogen and oxygen atoms in total. The fourth-order valence-corrected chi connectivity index (χ4v) is 4.49. The number of fused-ring (bicyclic) bond motifs is 2. The maximum Gasteiger partial charge on any atom is 0.172 e. The van der Waals surface area contributed by atoms with Crippen molar-refractivity contribution in [1.29, 1.82) is 0 Å². The topological polar surface area (TPSA) is 37.8 Å². The first-order valence-corrected chi connectivity index (χ1v) is 8.44. The maximum absolute atomic E-state index is 6.06. The van der Waals surface area contributed by atoms with Crippen LogP contribution in [0.15, 0.2) is 35.7 Å². The van der Waals surface area contributed by atoms with Crippen LogP contribution in [0.25, 0.3) is 31.0 Å². The lowest BCUT2D eigenvalue weighted by Gasteiger charge is -2.07. The van der Waals surface area contributed by atoms with Gasteiger partial charge in [-0.3, -0.25) is 0 Å². The number of benzene rings is 1. The summed E-state index contributed by atoms with van der Waals surface area (Å²) in [5.41, 5.74) is 0.894. The third-order valence-electron chi connectivity index (χ3n) is 3.25. The summed E-state index contributed by atoms with van der Waals surface area (Å²) in [5.74, 6) is 1.55. The summed E-state index contributed by atoms with van der Waals surface area (Å²) in [6, 6.07) is 9.96. The SMILES string of the molecule is CNc1nc(-c2cc3sccc3s2)nc2ccc(Cl)cc12. The average molecular weight is 332 g/mol. The summed E-state index contributed by atoms with van der Waals surface area (Å²) in [5, 5.41) is 6.86. The molecule has 3 aromatic heterocycles. The second kappa shape index (κ2) is 4.94. The number of hydrogen-bond donors (Lipinski definition) is 1. The van der Waals surface area contributed by atoms with Gasteiger partial charge in [0.2, 0.25) is 0 Å². The fourth-order valence-electron chi connectivity index (χ4n) is 2.28.